The van der Waals surface area contributed by atoms with Crippen molar-refractivity contribution in [3.63, 3.8) is 0 Å². The highest BCUT2D eigenvalue weighted by atomic mass is 35.5. The van der Waals surface area contributed by atoms with Crippen LogP contribution in [0.4, 0.5) is 0 Å². The molecule has 5 nitrogen and oxygen atoms in total. The van der Waals surface area contributed by atoms with Gasteiger partial charge in [-0.2, -0.15) is 5.26 Å². The van der Waals surface area contributed by atoms with Gasteiger partial charge in [-0.3, -0.25) is 4.79 Å². The van der Waals surface area contributed by atoms with E-state index in [9.17, 15) is 10.1 Å². The Balaban J connectivity index is 2.39. The molecule has 0 bridgehead atoms. The van der Waals surface area contributed by atoms with Gasteiger partial charge in [0.25, 0.3) is 0 Å². The Kier molecular flexibility index (Phi) is 6.05. The number of carbonyl (C=O) groups excluding carboxylic acids is 1. The number of hydrogen-bond donors (Lipinski definition) is 0. The van der Waals surface area contributed by atoms with Crippen molar-refractivity contribution in [3.05, 3.63) is 52.4 Å². The molecule has 1 aromatic carbocycles. The Labute approximate surface area is 145 Å². The Morgan fingerprint density at radius 3 is 2.83 bits per heavy atom. The number of allylic oxidation sites excluding steroid dienone is 1. The van der Waals surface area contributed by atoms with Crippen LogP contribution in [-0.4, -0.2) is 19.5 Å². The predicted octanol–water partition coefficient (Wildman–Crippen LogP) is 4.52. The maximum Gasteiger partial charge on any atom is 0.238 e. The van der Waals surface area contributed by atoms with E-state index in [2.05, 4.69) is 0 Å². The van der Waals surface area contributed by atoms with E-state index in [4.69, 9.17) is 25.5 Å². The fourth-order valence-electron chi connectivity index (χ4n) is 2.02. The largest absolute Gasteiger partial charge is 0.493 e. The summed E-state index contributed by atoms with van der Waals surface area (Å²) in [6.07, 6.45) is 3.64. The summed E-state index contributed by atoms with van der Waals surface area (Å²) in [6.45, 7) is 2.49. The monoisotopic (exact) mass is 345 g/mol. The van der Waals surface area contributed by atoms with Crippen LogP contribution in [0.25, 0.3) is 6.08 Å². The summed E-state index contributed by atoms with van der Waals surface area (Å²) in [5, 5.41) is 9.60. The molecule has 0 saturated carbocycles. The summed E-state index contributed by atoms with van der Waals surface area (Å²) in [7, 11) is 1.50. The zero-order valence-corrected chi connectivity index (χ0v) is 14.1. The van der Waals surface area contributed by atoms with Crippen LogP contribution in [0.5, 0.6) is 11.5 Å². The minimum absolute atomic E-state index is 0.0645. The van der Waals surface area contributed by atoms with Crippen molar-refractivity contribution in [3.8, 4) is 17.6 Å². The highest BCUT2D eigenvalue weighted by Gasteiger charge is 2.16. The molecule has 24 heavy (non-hydrogen) atoms. The van der Waals surface area contributed by atoms with Crippen molar-refractivity contribution in [2.75, 3.05) is 13.7 Å². The van der Waals surface area contributed by atoms with Gasteiger partial charge < -0.3 is 13.9 Å². The van der Waals surface area contributed by atoms with Crippen molar-refractivity contribution in [1.29, 1.82) is 5.26 Å². The lowest BCUT2D eigenvalue weighted by atomic mass is 10.1. The zero-order chi connectivity index (χ0) is 17.5. The first-order chi connectivity index (χ1) is 11.6. The number of halogens is 1. The van der Waals surface area contributed by atoms with Gasteiger partial charge in [-0.15, -0.1) is 0 Å². The van der Waals surface area contributed by atoms with Gasteiger partial charge in [0.05, 0.1) is 25.0 Å². The molecule has 6 heteroatoms. The molecule has 0 radical (unpaired) electrons. The van der Waals surface area contributed by atoms with Crippen molar-refractivity contribution in [2.45, 2.75) is 13.3 Å². The molecule has 2 aromatic rings. The molecule has 0 aliphatic rings. The Morgan fingerprint density at radius 2 is 2.25 bits per heavy atom. The third-order valence-corrected chi connectivity index (χ3v) is 3.40. The fourth-order valence-corrected chi connectivity index (χ4v) is 2.30. The smallest absolute Gasteiger partial charge is 0.238 e. The van der Waals surface area contributed by atoms with Crippen LogP contribution < -0.4 is 9.47 Å². The number of carbonyl (C=O) groups is 1. The normalized spacial score (nSPS) is 11.0. The van der Waals surface area contributed by atoms with Gasteiger partial charge in [0, 0.05) is 0 Å². The molecular formula is C18H16ClNO4. The number of furan rings is 1. The van der Waals surface area contributed by atoms with Gasteiger partial charge in [0.15, 0.2) is 17.3 Å². The Morgan fingerprint density at radius 1 is 1.46 bits per heavy atom. The number of methoxy groups -OCH3 is 1. The first kappa shape index (κ1) is 17.6. The summed E-state index contributed by atoms with van der Waals surface area (Å²) < 4.78 is 15.9. The fraction of sp³-hybridized carbons (Fsp3) is 0.222. The molecule has 0 aliphatic carbocycles. The summed E-state index contributed by atoms with van der Waals surface area (Å²) >= 11 is 6.23. The number of Topliss-reactive ketones (excluding diaryl/α,β-unsaturated/α-hetero) is 1. The van der Waals surface area contributed by atoms with E-state index >= 15 is 0 Å². The average molecular weight is 346 g/mol. The number of hydrogen-bond acceptors (Lipinski definition) is 5. The number of benzene rings is 1. The lowest BCUT2D eigenvalue weighted by molar-refractivity contribution is 0.101. The average Bonchev–Trinajstić information content (AvgIpc) is 3.12. The third-order valence-electron chi connectivity index (χ3n) is 3.12. The lowest BCUT2D eigenvalue weighted by Crippen LogP contribution is -2.01. The SMILES string of the molecule is CCCOc1c(Cl)cc(/C=C(\C#N)C(=O)c2ccco2)cc1OC. The van der Waals surface area contributed by atoms with Gasteiger partial charge in [-0.05, 0) is 42.3 Å². The van der Waals surface area contributed by atoms with Gasteiger partial charge in [-0.1, -0.05) is 18.5 Å². The molecule has 0 unspecified atom stereocenters. The van der Waals surface area contributed by atoms with E-state index in [-0.39, 0.29) is 11.3 Å². The Bertz CT molecular complexity index is 788. The first-order valence-corrected chi connectivity index (χ1v) is 7.68. The van der Waals surface area contributed by atoms with Crippen LogP contribution in [0.1, 0.15) is 29.5 Å². The van der Waals surface area contributed by atoms with E-state index < -0.39 is 5.78 Å². The molecule has 0 spiro atoms. The summed E-state index contributed by atoms with van der Waals surface area (Å²) in [5.41, 5.74) is 0.488. The Hall–Kier alpha value is -2.71. The minimum Gasteiger partial charge on any atom is -0.493 e. The zero-order valence-electron chi connectivity index (χ0n) is 13.3. The molecule has 0 atom stereocenters. The van der Waals surface area contributed by atoms with E-state index in [1.165, 1.54) is 25.5 Å². The first-order valence-electron chi connectivity index (χ1n) is 7.31. The van der Waals surface area contributed by atoms with Crippen molar-refractivity contribution in [2.24, 2.45) is 0 Å². The summed E-state index contributed by atoms with van der Waals surface area (Å²) in [5.74, 6) is 0.478. The molecular weight excluding hydrogens is 330 g/mol. The number of nitriles is 1. The second kappa shape index (κ2) is 8.23. The highest BCUT2D eigenvalue weighted by molar-refractivity contribution is 6.32. The molecule has 0 fully saturated rings. The molecule has 0 aliphatic heterocycles. The third kappa shape index (κ3) is 3.98. The quantitative estimate of drug-likeness (QED) is 0.419. The second-order valence-corrected chi connectivity index (χ2v) is 5.27. The summed E-state index contributed by atoms with van der Waals surface area (Å²) in [6, 6.07) is 8.24. The lowest BCUT2D eigenvalue weighted by Gasteiger charge is -2.12. The van der Waals surface area contributed by atoms with E-state index in [0.717, 1.165) is 6.42 Å². The van der Waals surface area contributed by atoms with Gasteiger partial charge >= 0.3 is 0 Å². The van der Waals surface area contributed by atoms with Crippen LogP contribution in [0.2, 0.25) is 5.02 Å². The minimum atomic E-state index is -0.496. The van der Waals surface area contributed by atoms with E-state index in [1.54, 1.807) is 18.2 Å². The number of ketones is 1. The molecule has 2 rings (SSSR count). The summed E-state index contributed by atoms with van der Waals surface area (Å²) in [4.78, 5) is 12.2. The van der Waals surface area contributed by atoms with Crippen LogP contribution in [0, 0.1) is 11.3 Å². The van der Waals surface area contributed by atoms with Crippen LogP contribution in [0.15, 0.2) is 40.5 Å². The molecule has 1 aromatic heterocycles. The number of rotatable bonds is 7. The highest BCUT2D eigenvalue weighted by Crippen LogP contribution is 2.37. The molecule has 0 amide bonds. The van der Waals surface area contributed by atoms with Crippen molar-refractivity contribution >= 4 is 23.5 Å². The standard InChI is InChI=1S/C18H16ClNO4/c1-3-6-24-18-14(19)9-12(10-16(18)22-2)8-13(11-20)17(21)15-5-4-7-23-15/h4-5,7-10H,3,6H2,1-2H3/b13-8+. The molecule has 0 N–H and O–H groups in total. The van der Waals surface area contributed by atoms with Gasteiger partial charge in [0.1, 0.15) is 11.6 Å². The maximum absolute atomic E-state index is 12.2. The van der Waals surface area contributed by atoms with Crippen LogP contribution >= 0.6 is 11.6 Å². The van der Waals surface area contributed by atoms with Gasteiger partial charge in [0.2, 0.25) is 5.78 Å². The second-order valence-electron chi connectivity index (χ2n) is 4.86. The number of ether oxygens (including phenoxy) is 2. The molecule has 0 saturated heterocycles. The number of nitrogens with zero attached hydrogens (tertiary/aromatic N) is 1. The van der Waals surface area contributed by atoms with Crippen molar-refractivity contribution < 1.29 is 18.7 Å². The van der Waals surface area contributed by atoms with Crippen molar-refractivity contribution in [1.82, 2.24) is 0 Å². The van der Waals surface area contributed by atoms with Gasteiger partial charge in [-0.25, -0.2) is 0 Å². The maximum atomic E-state index is 12.2. The molecule has 124 valence electrons. The van der Waals surface area contributed by atoms with Crippen LogP contribution in [0.3, 0.4) is 0 Å². The predicted molar refractivity (Wildman–Crippen MR) is 90.4 cm³/mol. The molecule has 1 heterocycles. The van der Waals surface area contributed by atoms with Crippen LogP contribution in [-0.2, 0) is 0 Å². The van der Waals surface area contributed by atoms with E-state index in [0.29, 0.717) is 28.7 Å². The van der Waals surface area contributed by atoms with E-state index in [1.807, 2.05) is 13.0 Å². The topological polar surface area (TPSA) is 72.5 Å².